The molecule has 0 saturated heterocycles. The van der Waals surface area contributed by atoms with Crippen LogP contribution < -0.4 is 14.9 Å². The first-order valence-corrected chi connectivity index (χ1v) is 8.49. The highest BCUT2D eigenvalue weighted by Gasteiger charge is 2.03. The van der Waals surface area contributed by atoms with Crippen molar-refractivity contribution < 1.29 is 14.3 Å². The fourth-order valence-electron chi connectivity index (χ4n) is 1.83. The summed E-state index contributed by atoms with van der Waals surface area (Å²) in [7, 11) is 1.62. The first-order valence-electron chi connectivity index (χ1n) is 7.04. The lowest BCUT2D eigenvalue weighted by molar-refractivity contribution is -0.123. The Balaban J connectivity index is 1.84. The Bertz CT molecular complexity index is 765. The van der Waals surface area contributed by atoms with E-state index in [4.69, 9.17) is 21.1 Å². The summed E-state index contributed by atoms with van der Waals surface area (Å²) < 4.78 is 11.5. The fourth-order valence-corrected chi connectivity index (χ4v) is 2.71. The summed E-state index contributed by atoms with van der Waals surface area (Å²) in [5.74, 6) is 1.03. The minimum Gasteiger partial charge on any atom is -0.496 e. The van der Waals surface area contributed by atoms with Gasteiger partial charge in [-0.25, -0.2) is 5.43 Å². The molecule has 0 atom stereocenters. The van der Waals surface area contributed by atoms with E-state index in [1.54, 1.807) is 31.5 Å². The zero-order valence-corrected chi connectivity index (χ0v) is 16.1. The molecule has 0 saturated carbocycles. The van der Waals surface area contributed by atoms with E-state index in [2.05, 4.69) is 33.1 Å². The van der Waals surface area contributed by atoms with Crippen LogP contribution in [-0.2, 0) is 4.79 Å². The van der Waals surface area contributed by atoms with Crippen LogP contribution in [0.4, 0.5) is 0 Å². The van der Waals surface area contributed by atoms with Gasteiger partial charge in [0.1, 0.15) is 11.5 Å². The van der Waals surface area contributed by atoms with E-state index in [1.807, 2.05) is 25.1 Å². The molecule has 0 fully saturated rings. The van der Waals surface area contributed by atoms with Crippen molar-refractivity contribution >= 4 is 46.3 Å². The molecule has 2 aromatic rings. The summed E-state index contributed by atoms with van der Waals surface area (Å²) in [5, 5.41) is 4.57. The van der Waals surface area contributed by atoms with Crippen LogP contribution >= 0.6 is 34.2 Å². The van der Waals surface area contributed by atoms with E-state index in [-0.39, 0.29) is 12.5 Å². The number of nitrogens with one attached hydrogen (secondary N) is 1. The normalized spacial score (nSPS) is 10.7. The van der Waals surface area contributed by atoms with Crippen LogP contribution in [0.15, 0.2) is 41.5 Å². The number of carbonyl (C=O) groups excluding carboxylic acids is 1. The fraction of sp³-hybridized carbons (Fsp3) is 0.176. The molecular formula is C17H16ClIN2O3. The topological polar surface area (TPSA) is 59.9 Å². The van der Waals surface area contributed by atoms with Gasteiger partial charge < -0.3 is 9.47 Å². The molecule has 1 amide bonds. The Kier molecular flexibility index (Phi) is 6.86. The maximum atomic E-state index is 11.7. The van der Waals surface area contributed by atoms with Crippen molar-refractivity contribution in [1.82, 2.24) is 5.43 Å². The Hall–Kier alpha value is -1.80. The van der Waals surface area contributed by atoms with Gasteiger partial charge in [-0.15, -0.1) is 0 Å². The van der Waals surface area contributed by atoms with E-state index >= 15 is 0 Å². The molecule has 0 unspecified atom stereocenters. The zero-order chi connectivity index (χ0) is 17.5. The van der Waals surface area contributed by atoms with Gasteiger partial charge in [-0.3, -0.25) is 4.79 Å². The Morgan fingerprint density at radius 3 is 2.79 bits per heavy atom. The number of ether oxygens (including phenoxy) is 2. The zero-order valence-electron chi connectivity index (χ0n) is 13.2. The smallest absolute Gasteiger partial charge is 0.277 e. The average Bonchev–Trinajstić information content (AvgIpc) is 2.56. The number of hydrogen-bond donors (Lipinski definition) is 1. The number of hydrogen-bond acceptors (Lipinski definition) is 4. The Labute approximate surface area is 159 Å². The van der Waals surface area contributed by atoms with Crippen LogP contribution in [0, 0.1) is 10.5 Å². The van der Waals surface area contributed by atoms with Gasteiger partial charge in [-0.05, 0) is 77.0 Å². The van der Waals surface area contributed by atoms with Crippen LogP contribution in [0.5, 0.6) is 11.5 Å². The predicted octanol–water partition coefficient (Wildman–Crippen LogP) is 3.79. The molecule has 1 N–H and O–H groups in total. The Morgan fingerprint density at radius 2 is 2.12 bits per heavy atom. The molecule has 0 aliphatic rings. The molecule has 5 nitrogen and oxygen atoms in total. The largest absolute Gasteiger partial charge is 0.496 e. The van der Waals surface area contributed by atoms with Gasteiger partial charge in [0.15, 0.2) is 6.61 Å². The van der Waals surface area contributed by atoms with E-state index in [1.165, 1.54) is 0 Å². The van der Waals surface area contributed by atoms with Crippen LogP contribution in [0.1, 0.15) is 11.1 Å². The van der Waals surface area contributed by atoms with Gasteiger partial charge >= 0.3 is 0 Å². The summed E-state index contributed by atoms with van der Waals surface area (Å²) in [6, 6.07) is 10.8. The van der Waals surface area contributed by atoms with Gasteiger partial charge in [-0.1, -0.05) is 11.6 Å². The van der Waals surface area contributed by atoms with Gasteiger partial charge in [-0.2, -0.15) is 5.10 Å². The lowest BCUT2D eigenvalue weighted by Crippen LogP contribution is -2.24. The number of nitrogens with zero attached hydrogens (tertiary/aromatic N) is 1. The number of methoxy groups -OCH3 is 1. The molecular weight excluding hydrogens is 443 g/mol. The lowest BCUT2D eigenvalue weighted by atomic mass is 10.2. The molecule has 0 bridgehead atoms. The number of rotatable bonds is 6. The lowest BCUT2D eigenvalue weighted by Gasteiger charge is -2.06. The summed E-state index contributed by atoms with van der Waals surface area (Å²) in [6.45, 7) is 1.74. The van der Waals surface area contributed by atoms with Crippen molar-refractivity contribution in [2.45, 2.75) is 6.92 Å². The first-order chi connectivity index (χ1) is 11.5. The number of hydrazone groups is 1. The second kappa shape index (κ2) is 8.89. The van der Waals surface area contributed by atoms with E-state index < -0.39 is 0 Å². The van der Waals surface area contributed by atoms with E-state index in [0.717, 1.165) is 20.4 Å². The quantitative estimate of drug-likeness (QED) is 0.407. The number of amides is 1. The molecule has 0 spiro atoms. The van der Waals surface area contributed by atoms with Crippen LogP contribution in [0.2, 0.25) is 5.02 Å². The van der Waals surface area contributed by atoms with E-state index in [9.17, 15) is 4.79 Å². The van der Waals surface area contributed by atoms with Crippen LogP contribution in [-0.4, -0.2) is 25.8 Å². The average molecular weight is 459 g/mol. The minimum atomic E-state index is -0.345. The molecule has 2 aromatic carbocycles. The maximum absolute atomic E-state index is 11.7. The maximum Gasteiger partial charge on any atom is 0.277 e. The molecule has 0 radical (unpaired) electrons. The highest BCUT2D eigenvalue weighted by atomic mass is 127. The summed E-state index contributed by atoms with van der Waals surface area (Å²) >= 11 is 8.11. The molecule has 0 aromatic heterocycles. The number of halogens is 2. The molecule has 24 heavy (non-hydrogen) atoms. The van der Waals surface area contributed by atoms with Crippen molar-refractivity contribution in [1.29, 1.82) is 0 Å². The second-order valence-electron chi connectivity index (χ2n) is 4.89. The van der Waals surface area contributed by atoms with E-state index in [0.29, 0.717) is 10.8 Å². The Morgan fingerprint density at radius 1 is 1.33 bits per heavy atom. The molecule has 126 valence electrons. The molecule has 2 rings (SSSR count). The highest BCUT2D eigenvalue weighted by Crippen LogP contribution is 2.21. The van der Waals surface area contributed by atoms with Crippen molar-refractivity contribution in [3.05, 3.63) is 56.1 Å². The monoisotopic (exact) mass is 458 g/mol. The van der Waals surface area contributed by atoms with Crippen molar-refractivity contribution in [3.63, 3.8) is 0 Å². The molecule has 0 aliphatic heterocycles. The van der Waals surface area contributed by atoms with Crippen LogP contribution in [0.3, 0.4) is 0 Å². The predicted molar refractivity (Wildman–Crippen MR) is 103 cm³/mol. The van der Waals surface area contributed by atoms with Gasteiger partial charge in [0.05, 0.1) is 16.9 Å². The summed E-state index contributed by atoms with van der Waals surface area (Å²) in [6.07, 6.45) is 1.56. The standard InChI is InChI=1S/C17H16ClIN2O3/c1-11-7-13(4-5-14(11)18)24-10-17(22)21-20-9-12-3-6-16(23-2)15(19)8-12/h3-9H,10H2,1-2H3,(H,21,22). The van der Waals surface area contributed by atoms with Crippen molar-refractivity contribution in [2.24, 2.45) is 5.10 Å². The second-order valence-corrected chi connectivity index (χ2v) is 6.46. The summed E-state index contributed by atoms with van der Waals surface area (Å²) in [5.41, 5.74) is 4.17. The number of aryl methyl sites for hydroxylation is 1. The first kappa shape index (κ1) is 18.5. The third kappa shape index (κ3) is 5.38. The molecule has 7 heteroatoms. The minimum absolute atomic E-state index is 0.126. The van der Waals surface area contributed by atoms with Crippen LogP contribution in [0.25, 0.3) is 0 Å². The number of carbonyl (C=O) groups is 1. The van der Waals surface area contributed by atoms with Gasteiger partial charge in [0, 0.05) is 5.02 Å². The molecule has 0 heterocycles. The SMILES string of the molecule is COc1ccc(C=NNC(=O)COc2ccc(Cl)c(C)c2)cc1I. The van der Waals surface area contributed by atoms with Crippen molar-refractivity contribution in [2.75, 3.05) is 13.7 Å². The van der Waals surface area contributed by atoms with Crippen molar-refractivity contribution in [3.8, 4) is 11.5 Å². The third-order valence-electron chi connectivity index (χ3n) is 3.08. The summed E-state index contributed by atoms with van der Waals surface area (Å²) in [4.78, 5) is 11.7. The van der Waals surface area contributed by atoms with Gasteiger partial charge in [0.25, 0.3) is 5.91 Å². The highest BCUT2D eigenvalue weighted by molar-refractivity contribution is 14.1. The molecule has 0 aliphatic carbocycles. The third-order valence-corrected chi connectivity index (χ3v) is 4.35. The van der Waals surface area contributed by atoms with Gasteiger partial charge in [0.2, 0.25) is 0 Å². The number of benzene rings is 2.